The van der Waals surface area contributed by atoms with Crippen LogP contribution in [0.25, 0.3) is 10.6 Å². The number of thiazole rings is 1. The highest BCUT2D eigenvalue weighted by Crippen LogP contribution is 2.27. The predicted octanol–water partition coefficient (Wildman–Crippen LogP) is 2.98. The summed E-state index contributed by atoms with van der Waals surface area (Å²) in [7, 11) is 0. The van der Waals surface area contributed by atoms with Crippen LogP contribution in [0.3, 0.4) is 0 Å². The average molecular weight is 248 g/mol. The van der Waals surface area contributed by atoms with Gasteiger partial charge in [0.05, 0.1) is 10.6 Å². The Labute approximate surface area is 105 Å². The third-order valence-electron chi connectivity index (χ3n) is 2.20. The average Bonchev–Trinajstić information content (AvgIpc) is 2.75. The predicted molar refractivity (Wildman–Crippen MR) is 71.2 cm³/mol. The molecule has 17 heavy (non-hydrogen) atoms. The maximum atomic E-state index is 4.38. The molecule has 0 saturated heterocycles. The van der Waals surface area contributed by atoms with Crippen molar-refractivity contribution in [3.05, 3.63) is 24.3 Å². The van der Waals surface area contributed by atoms with Gasteiger partial charge in [0.1, 0.15) is 5.82 Å². The van der Waals surface area contributed by atoms with Gasteiger partial charge >= 0.3 is 0 Å². The third-order valence-corrected chi connectivity index (χ3v) is 3.17. The van der Waals surface area contributed by atoms with Gasteiger partial charge in [-0.05, 0) is 18.9 Å². The van der Waals surface area contributed by atoms with E-state index in [1.807, 2.05) is 19.2 Å². The van der Waals surface area contributed by atoms with Crippen LogP contribution in [0.2, 0.25) is 0 Å². The summed E-state index contributed by atoms with van der Waals surface area (Å²) in [6.07, 6.45) is 3.63. The molecule has 0 saturated carbocycles. The Morgan fingerprint density at radius 1 is 1.35 bits per heavy atom. The molecule has 0 bridgehead atoms. The van der Waals surface area contributed by atoms with Crippen LogP contribution in [0, 0.1) is 12.8 Å². The van der Waals surface area contributed by atoms with Crippen molar-refractivity contribution in [2.75, 3.05) is 11.9 Å². The van der Waals surface area contributed by atoms with Crippen LogP contribution in [0.15, 0.2) is 18.5 Å². The molecule has 0 atom stereocenters. The van der Waals surface area contributed by atoms with E-state index in [-0.39, 0.29) is 0 Å². The van der Waals surface area contributed by atoms with Crippen LogP contribution < -0.4 is 5.32 Å². The number of aromatic nitrogens is 3. The molecular weight excluding hydrogens is 232 g/mol. The Balaban J connectivity index is 2.12. The summed E-state index contributed by atoms with van der Waals surface area (Å²) in [6.45, 7) is 7.18. The van der Waals surface area contributed by atoms with E-state index < -0.39 is 0 Å². The minimum Gasteiger partial charge on any atom is -0.361 e. The van der Waals surface area contributed by atoms with Crippen molar-refractivity contribution in [1.29, 1.82) is 0 Å². The quantitative estimate of drug-likeness (QED) is 0.903. The van der Waals surface area contributed by atoms with Crippen LogP contribution in [-0.4, -0.2) is 21.5 Å². The molecule has 2 heterocycles. The summed E-state index contributed by atoms with van der Waals surface area (Å²) >= 11 is 1.62. The number of nitrogens with zero attached hydrogens (tertiary/aromatic N) is 3. The molecule has 0 radical (unpaired) electrons. The van der Waals surface area contributed by atoms with Gasteiger partial charge in [-0.25, -0.2) is 15.0 Å². The van der Waals surface area contributed by atoms with Crippen LogP contribution in [0.4, 0.5) is 5.13 Å². The Kier molecular flexibility index (Phi) is 3.68. The first-order valence-corrected chi connectivity index (χ1v) is 6.46. The maximum Gasteiger partial charge on any atom is 0.183 e. The number of nitrogens with one attached hydrogen (secondary N) is 1. The third kappa shape index (κ3) is 3.23. The minimum absolute atomic E-state index is 0.614. The van der Waals surface area contributed by atoms with Crippen molar-refractivity contribution in [2.24, 2.45) is 5.92 Å². The van der Waals surface area contributed by atoms with Crippen LogP contribution in [0.1, 0.15) is 19.7 Å². The Morgan fingerprint density at radius 2 is 2.18 bits per heavy atom. The van der Waals surface area contributed by atoms with Gasteiger partial charge in [0, 0.05) is 18.9 Å². The van der Waals surface area contributed by atoms with E-state index in [1.54, 1.807) is 17.5 Å². The number of hydrogen-bond donors (Lipinski definition) is 1. The maximum absolute atomic E-state index is 4.38. The molecule has 2 rings (SSSR count). The van der Waals surface area contributed by atoms with Crippen LogP contribution >= 0.6 is 11.3 Å². The molecule has 1 N–H and O–H groups in total. The SMILES string of the molecule is Cc1nccc(-c2cnc(NCC(C)C)s2)n1. The van der Waals surface area contributed by atoms with Crippen molar-refractivity contribution in [3.63, 3.8) is 0 Å². The van der Waals surface area contributed by atoms with Gasteiger partial charge in [-0.15, -0.1) is 0 Å². The number of aryl methyl sites for hydroxylation is 1. The number of anilines is 1. The zero-order chi connectivity index (χ0) is 12.3. The lowest BCUT2D eigenvalue weighted by Gasteiger charge is -2.04. The highest BCUT2D eigenvalue weighted by atomic mass is 32.1. The monoisotopic (exact) mass is 248 g/mol. The minimum atomic E-state index is 0.614. The van der Waals surface area contributed by atoms with E-state index >= 15 is 0 Å². The first-order valence-electron chi connectivity index (χ1n) is 5.65. The van der Waals surface area contributed by atoms with E-state index in [4.69, 9.17) is 0 Å². The summed E-state index contributed by atoms with van der Waals surface area (Å²) in [6, 6.07) is 1.91. The molecule has 2 aromatic heterocycles. The zero-order valence-electron chi connectivity index (χ0n) is 10.3. The molecule has 0 spiro atoms. The highest BCUT2D eigenvalue weighted by molar-refractivity contribution is 7.18. The van der Waals surface area contributed by atoms with Gasteiger partial charge in [-0.1, -0.05) is 25.2 Å². The van der Waals surface area contributed by atoms with Crippen molar-refractivity contribution in [3.8, 4) is 10.6 Å². The van der Waals surface area contributed by atoms with E-state index in [1.165, 1.54) is 0 Å². The molecule has 0 aromatic carbocycles. The van der Waals surface area contributed by atoms with Gasteiger partial charge in [-0.3, -0.25) is 0 Å². The van der Waals surface area contributed by atoms with Gasteiger partial charge in [-0.2, -0.15) is 0 Å². The fourth-order valence-electron chi connectivity index (χ4n) is 1.36. The molecule has 0 fully saturated rings. The molecule has 90 valence electrons. The highest BCUT2D eigenvalue weighted by Gasteiger charge is 2.06. The van der Waals surface area contributed by atoms with Crippen LogP contribution in [0.5, 0.6) is 0 Å². The Morgan fingerprint density at radius 3 is 2.88 bits per heavy atom. The molecule has 0 unspecified atom stereocenters. The molecular formula is C12H16N4S. The molecule has 4 nitrogen and oxygen atoms in total. The van der Waals surface area contributed by atoms with Crippen molar-refractivity contribution in [1.82, 2.24) is 15.0 Å². The Bertz CT molecular complexity index is 493. The zero-order valence-corrected chi connectivity index (χ0v) is 11.1. The standard InChI is InChI=1S/C12H16N4S/c1-8(2)6-14-12-15-7-11(17-12)10-4-5-13-9(3)16-10/h4-5,7-8H,6H2,1-3H3,(H,14,15). The second-order valence-corrected chi connectivity index (χ2v) is 5.32. The fourth-order valence-corrected chi connectivity index (χ4v) is 2.15. The van der Waals surface area contributed by atoms with Crippen molar-refractivity contribution in [2.45, 2.75) is 20.8 Å². The van der Waals surface area contributed by atoms with Gasteiger partial charge in [0.25, 0.3) is 0 Å². The number of hydrogen-bond acceptors (Lipinski definition) is 5. The van der Waals surface area contributed by atoms with E-state index in [0.717, 1.165) is 28.1 Å². The molecule has 5 heteroatoms. The molecule has 2 aromatic rings. The summed E-state index contributed by atoms with van der Waals surface area (Å²) in [5.74, 6) is 1.40. The molecule has 0 amide bonds. The molecule has 0 aliphatic rings. The van der Waals surface area contributed by atoms with E-state index in [0.29, 0.717) is 5.92 Å². The lowest BCUT2D eigenvalue weighted by molar-refractivity contribution is 0.688. The first-order chi connectivity index (χ1) is 8.15. The second-order valence-electron chi connectivity index (χ2n) is 4.29. The van der Waals surface area contributed by atoms with Crippen LogP contribution in [-0.2, 0) is 0 Å². The van der Waals surface area contributed by atoms with Crippen molar-refractivity contribution >= 4 is 16.5 Å². The summed E-state index contributed by atoms with van der Waals surface area (Å²) in [5, 5.41) is 4.26. The second kappa shape index (κ2) is 5.23. The normalized spacial score (nSPS) is 10.8. The van der Waals surface area contributed by atoms with Crippen molar-refractivity contribution < 1.29 is 0 Å². The van der Waals surface area contributed by atoms with E-state index in [2.05, 4.69) is 34.1 Å². The lowest BCUT2D eigenvalue weighted by Crippen LogP contribution is -2.07. The fraction of sp³-hybridized carbons (Fsp3) is 0.417. The number of rotatable bonds is 4. The Hall–Kier alpha value is -1.49. The lowest BCUT2D eigenvalue weighted by atomic mass is 10.2. The smallest absolute Gasteiger partial charge is 0.183 e. The van der Waals surface area contributed by atoms with Gasteiger partial charge in [0.15, 0.2) is 5.13 Å². The summed E-state index contributed by atoms with van der Waals surface area (Å²) in [5.41, 5.74) is 0.938. The largest absolute Gasteiger partial charge is 0.361 e. The van der Waals surface area contributed by atoms with Gasteiger partial charge in [0.2, 0.25) is 0 Å². The molecule has 0 aliphatic carbocycles. The topological polar surface area (TPSA) is 50.7 Å². The summed E-state index contributed by atoms with van der Waals surface area (Å²) in [4.78, 5) is 13.9. The summed E-state index contributed by atoms with van der Waals surface area (Å²) < 4.78 is 0. The molecule has 0 aliphatic heterocycles. The van der Waals surface area contributed by atoms with Gasteiger partial charge < -0.3 is 5.32 Å². The first kappa shape index (κ1) is 12.0. The van der Waals surface area contributed by atoms with E-state index in [9.17, 15) is 0 Å².